The highest BCUT2D eigenvalue weighted by atomic mass is 19.1. The van der Waals surface area contributed by atoms with Crippen LogP contribution in [0.1, 0.15) is 34.5 Å². The lowest BCUT2D eigenvalue weighted by Gasteiger charge is -2.15. The van der Waals surface area contributed by atoms with Crippen molar-refractivity contribution in [3.05, 3.63) is 65.0 Å². The minimum absolute atomic E-state index is 0.0512. The van der Waals surface area contributed by atoms with Crippen molar-refractivity contribution in [1.82, 2.24) is 5.32 Å². The van der Waals surface area contributed by atoms with Crippen LogP contribution in [0.15, 0.2) is 42.5 Å². The summed E-state index contributed by atoms with van der Waals surface area (Å²) in [4.78, 5) is 12.0. The van der Waals surface area contributed by atoms with Gasteiger partial charge in [-0.25, -0.2) is 4.39 Å². The van der Waals surface area contributed by atoms with Crippen LogP contribution in [0.4, 0.5) is 10.1 Å². The molecular weight excluding hydrogens is 269 g/mol. The van der Waals surface area contributed by atoms with Crippen LogP contribution in [0.2, 0.25) is 0 Å². The quantitative estimate of drug-likeness (QED) is 0.850. The molecule has 0 radical (unpaired) electrons. The lowest BCUT2D eigenvalue weighted by atomic mass is 10.1. The Morgan fingerprint density at radius 2 is 1.95 bits per heavy atom. The fourth-order valence-corrected chi connectivity index (χ4v) is 1.92. The minimum atomic E-state index is -0.653. The van der Waals surface area contributed by atoms with Crippen molar-refractivity contribution in [2.24, 2.45) is 0 Å². The molecule has 0 saturated carbocycles. The van der Waals surface area contributed by atoms with Gasteiger partial charge in [0.2, 0.25) is 0 Å². The number of halogens is 1. The number of rotatable bonds is 3. The standard InChI is InChI=1S/C16H14FN3O/c1-10(12-4-2-11(9-18)3-5-12)20-16(21)14-7-6-13(19)8-15(14)17/h2-8,10H,19H2,1H3,(H,20,21). The number of hydrogen-bond acceptors (Lipinski definition) is 3. The lowest BCUT2D eigenvalue weighted by Crippen LogP contribution is -2.27. The zero-order valence-corrected chi connectivity index (χ0v) is 11.4. The molecule has 0 aromatic heterocycles. The van der Waals surface area contributed by atoms with E-state index in [0.29, 0.717) is 5.56 Å². The van der Waals surface area contributed by atoms with E-state index in [2.05, 4.69) is 5.32 Å². The van der Waals surface area contributed by atoms with Gasteiger partial charge in [-0.05, 0) is 42.8 Å². The number of nitrogen functional groups attached to an aromatic ring is 1. The molecule has 5 heteroatoms. The summed E-state index contributed by atoms with van der Waals surface area (Å²) in [6.45, 7) is 1.79. The number of hydrogen-bond donors (Lipinski definition) is 2. The highest BCUT2D eigenvalue weighted by Gasteiger charge is 2.15. The van der Waals surface area contributed by atoms with E-state index in [0.717, 1.165) is 11.6 Å². The van der Waals surface area contributed by atoms with Crippen LogP contribution in [-0.2, 0) is 0 Å². The predicted octanol–water partition coefficient (Wildman–Crippen LogP) is 2.77. The third-order valence-corrected chi connectivity index (χ3v) is 3.13. The number of nitrogens with one attached hydrogen (secondary N) is 1. The zero-order valence-electron chi connectivity index (χ0n) is 11.4. The van der Waals surface area contributed by atoms with Gasteiger partial charge >= 0.3 is 0 Å². The number of nitriles is 1. The maximum Gasteiger partial charge on any atom is 0.254 e. The molecule has 2 aromatic rings. The van der Waals surface area contributed by atoms with Crippen LogP contribution >= 0.6 is 0 Å². The molecule has 0 saturated heterocycles. The van der Waals surface area contributed by atoms with Crippen molar-refractivity contribution in [3.63, 3.8) is 0 Å². The molecule has 0 aliphatic rings. The Morgan fingerprint density at radius 1 is 1.29 bits per heavy atom. The van der Waals surface area contributed by atoms with Crippen LogP contribution < -0.4 is 11.1 Å². The number of nitrogens with two attached hydrogens (primary N) is 1. The molecule has 106 valence electrons. The van der Waals surface area contributed by atoms with E-state index < -0.39 is 11.7 Å². The van der Waals surface area contributed by atoms with Crippen molar-refractivity contribution < 1.29 is 9.18 Å². The number of carbonyl (C=O) groups excluding carboxylic acids is 1. The molecular formula is C16H14FN3O. The van der Waals surface area contributed by atoms with Gasteiger partial charge in [0.15, 0.2) is 0 Å². The third kappa shape index (κ3) is 3.37. The second-order valence-corrected chi connectivity index (χ2v) is 4.67. The van der Waals surface area contributed by atoms with E-state index >= 15 is 0 Å². The van der Waals surface area contributed by atoms with Gasteiger partial charge in [0.1, 0.15) is 5.82 Å². The fraction of sp³-hybridized carbons (Fsp3) is 0.125. The topological polar surface area (TPSA) is 78.9 Å². The van der Waals surface area contributed by atoms with E-state index in [9.17, 15) is 9.18 Å². The molecule has 0 bridgehead atoms. The summed E-state index contributed by atoms with van der Waals surface area (Å²) >= 11 is 0. The molecule has 2 rings (SSSR count). The molecule has 21 heavy (non-hydrogen) atoms. The van der Waals surface area contributed by atoms with E-state index in [4.69, 9.17) is 11.0 Å². The maximum absolute atomic E-state index is 13.7. The SMILES string of the molecule is CC(NC(=O)c1ccc(N)cc1F)c1ccc(C#N)cc1. The zero-order chi connectivity index (χ0) is 15.4. The number of carbonyl (C=O) groups is 1. The second kappa shape index (κ2) is 6.06. The van der Waals surface area contributed by atoms with Crippen molar-refractivity contribution >= 4 is 11.6 Å². The van der Waals surface area contributed by atoms with Gasteiger partial charge in [0.05, 0.1) is 23.2 Å². The minimum Gasteiger partial charge on any atom is -0.399 e. The maximum atomic E-state index is 13.7. The first-order chi connectivity index (χ1) is 10.0. The first-order valence-electron chi connectivity index (χ1n) is 6.37. The number of anilines is 1. The lowest BCUT2D eigenvalue weighted by molar-refractivity contribution is 0.0936. The fourth-order valence-electron chi connectivity index (χ4n) is 1.92. The molecule has 0 aliphatic heterocycles. The number of nitrogens with zero attached hydrogens (tertiary/aromatic N) is 1. The van der Waals surface area contributed by atoms with E-state index in [1.165, 1.54) is 12.1 Å². The molecule has 0 spiro atoms. The molecule has 0 heterocycles. The molecule has 3 N–H and O–H groups in total. The predicted molar refractivity (Wildman–Crippen MR) is 77.9 cm³/mol. The van der Waals surface area contributed by atoms with Crippen LogP contribution in [0, 0.1) is 17.1 Å². The first kappa shape index (κ1) is 14.5. The van der Waals surface area contributed by atoms with E-state index in [1.807, 2.05) is 6.07 Å². The van der Waals surface area contributed by atoms with Crippen molar-refractivity contribution in [2.45, 2.75) is 13.0 Å². The average molecular weight is 283 g/mol. The molecule has 4 nitrogen and oxygen atoms in total. The highest BCUT2D eigenvalue weighted by Crippen LogP contribution is 2.16. The number of amides is 1. The Morgan fingerprint density at radius 3 is 2.52 bits per heavy atom. The Balaban J connectivity index is 2.13. The first-order valence-corrected chi connectivity index (χ1v) is 6.37. The summed E-state index contributed by atoms with van der Waals surface area (Å²) in [6, 6.07) is 12.5. The summed E-state index contributed by atoms with van der Waals surface area (Å²) in [6.07, 6.45) is 0. The van der Waals surface area contributed by atoms with Gasteiger partial charge < -0.3 is 11.1 Å². The Labute approximate surface area is 122 Å². The Kier molecular flexibility index (Phi) is 4.19. The normalized spacial score (nSPS) is 11.5. The monoisotopic (exact) mass is 283 g/mol. The van der Waals surface area contributed by atoms with Gasteiger partial charge in [0, 0.05) is 5.69 Å². The summed E-state index contributed by atoms with van der Waals surface area (Å²) in [7, 11) is 0. The highest BCUT2D eigenvalue weighted by molar-refractivity contribution is 5.95. The van der Waals surface area contributed by atoms with Gasteiger partial charge in [0.25, 0.3) is 5.91 Å². The second-order valence-electron chi connectivity index (χ2n) is 4.67. The summed E-state index contributed by atoms with van der Waals surface area (Å²) in [5, 5.41) is 11.5. The molecule has 1 amide bonds. The molecule has 1 unspecified atom stereocenters. The Bertz CT molecular complexity index is 704. The average Bonchev–Trinajstić information content (AvgIpc) is 2.47. The molecule has 0 aliphatic carbocycles. The van der Waals surface area contributed by atoms with Crippen LogP contribution in [-0.4, -0.2) is 5.91 Å². The van der Waals surface area contributed by atoms with Gasteiger partial charge in [-0.1, -0.05) is 12.1 Å². The van der Waals surface area contributed by atoms with Crippen LogP contribution in [0.3, 0.4) is 0 Å². The molecule has 2 aromatic carbocycles. The van der Waals surface area contributed by atoms with Gasteiger partial charge in [-0.2, -0.15) is 5.26 Å². The van der Waals surface area contributed by atoms with E-state index in [1.54, 1.807) is 31.2 Å². The molecule has 0 fully saturated rings. The smallest absolute Gasteiger partial charge is 0.254 e. The number of benzene rings is 2. The van der Waals surface area contributed by atoms with E-state index in [-0.39, 0.29) is 17.3 Å². The van der Waals surface area contributed by atoms with Crippen molar-refractivity contribution in [1.29, 1.82) is 5.26 Å². The summed E-state index contributed by atoms with van der Waals surface area (Å²) < 4.78 is 13.7. The van der Waals surface area contributed by atoms with Gasteiger partial charge in [-0.3, -0.25) is 4.79 Å². The largest absolute Gasteiger partial charge is 0.399 e. The van der Waals surface area contributed by atoms with Crippen molar-refractivity contribution in [3.8, 4) is 6.07 Å². The Hall–Kier alpha value is -2.87. The summed E-state index contributed by atoms with van der Waals surface area (Å²) in [5.41, 5.74) is 7.04. The molecule has 1 atom stereocenters. The van der Waals surface area contributed by atoms with Crippen LogP contribution in [0.5, 0.6) is 0 Å². The summed E-state index contributed by atoms with van der Waals surface area (Å²) in [5.74, 6) is -1.16. The van der Waals surface area contributed by atoms with Crippen LogP contribution in [0.25, 0.3) is 0 Å². The van der Waals surface area contributed by atoms with Crippen molar-refractivity contribution in [2.75, 3.05) is 5.73 Å². The van der Waals surface area contributed by atoms with Gasteiger partial charge in [-0.15, -0.1) is 0 Å². The third-order valence-electron chi connectivity index (χ3n) is 3.13.